The second kappa shape index (κ2) is 12.4. The van der Waals surface area contributed by atoms with Crippen molar-refractivity contribution in [3.8, 4) is 0 Å². The molecule has 0 saturated heterocycles. The molecule has 0 amide bonds. The van der Waals surface area contributed by atoms with E-state index in [0.29, 0.717) is 17.5 Å². The van der Waals surface area contributed by atoms with Crippen molar-refractivity contribution in [1.29, 1.82) is 0 Å². The molecule has 0 radical (unpaired) electrons. The van der Waals surface area contributed by atoms with Gasteiger partial charge in [0.15, 0.2) is 0 Å². The van der Waals surface area contributed by atoms with Crippen LogP contribution in [-0.4, -0.2) is 30.8 Å². The molecule has 0 aliphatic carbocycles. The summed E-state index contributed by atoms with van der Waals surface area (Å²) in [5.74, 6) is -3.11. The largest absolute Gasteiger partial charge is 0.468 e. The van der Waals surface area contributed by atoms with E-state index < -0.39 is 35.3 Å². The lowest BCUT2D eigenvalue weighted by atomic mass is 10.0. The van der Waals surface area contributed by atoms with E-state index in [0.717, 1.165) is 24.3 Å². The maximum Gasteiger partial charge on any atom is 0.324 e. The van der Waals surface area contributed by atoms with Gasteiger partial charge in [-0.2, -0.15) is 0 Å². The third-order valence-electron chi connectivity index (χ3n) is 3.80. The van der Waals surface area contributed by atoms with Crippen LogP contribution in [0.5, 0.6) is 0 Å². The lowest BCUT2D eigenvalue weighted by molar-refractivity contribution is -0.142. The molecule has 0 saturated carbocycles. The lowest BCUT2D eigenvalue weighted by Gasteiger charge is -2.12. The van der Waals surface area contributed by atoms with Crippen molar-refractivity contribution in [2.45, 2.75) is 25.8 Å². The molecule has 2 aromatic carbocycles. The summed E-state index contributed by atoms with van der Waals surface area (Å²) in [7, 11) is 1.20. The fraction of sp³-hybridized carbons (Fsp3) is 0.350. The first-order chi connectivity index (χ1) is 13.7. The smallest absolute Gasteiger partial charge is 0.324 e. The van der Waals surface area contributed by atoms with Gasteiger partial charge in [-0.25, -0.2) is 22.4 Å². The summed E-state index contributed by atoms with van der Waals surface area (Å²) in [5, 5.41) is 8.75. The topological polar surface area (TPSA) is 58.6 Å². The Kier molecular flexibility index (Phi) is 10.6. The monoisotopic (exact) mass is 435 g/mol. The normalized spacial score (nSPS) is 12.6. The Labute approximate surface area is 171 Å². The number of aliphatic hydroxyl groups excluding tert-OH is 1. The summed E-state index contributed by atoms with van der Waals surface area (Å²) in [6.07, 6.45) is 0.538. The van der Waals surface area contributed by atoms with Gasteiger partial charge in [-0.15, -0.1) is 0 Å². The van der Waals surface area contributed by atoms with Crippen LogP contribution in [0.15, 0.2) is 36.4 Å². The number of carbonyl (C=O) groups excluding carboxylic acids is 1. The third-order valence-corrected chi connectivity index (χ3v) is 4.06. The molecular weight excluding hydrogens is 414 g/mol. The van der Waals surface area contributed by atoms with Gasteiger partial charge >= 0.3 is 5.97 Å². The van der Waals surface area contributed by atoms with E-state index in [1.807, 2.05) is 6.92 Å². The molecule has 0 heterocycles. The van der Waals surface area contributed by atoms with Crippen LogP contribution in [0.2, 0.25) is 0 Å². The number of rotatable bonds is 7. The van der Waals surface area contributed by atoms with Gasteiger partial charge in [-0.05, 0) is 65.9 Å². The van der Waals surface area contributed by atoms with E-state index in [4.69, 9.17) is 16.9 Å². The molecule has 2 atom stereocenters. The quantitative estimate of drug-likeness (QED) is 0.393. The Morgan fingerprint density at radius 1 is 0.966 bits per heavy atom. The minimum absolute atomic E-state index is 0.0259. The van der Waals surface area contributed by atoms with Crippen molar-refractivity contribution in [3.63, 3.8) is 0 Å². The van der Waals surface area contributed by atoms with E-state index in [2.05, 4.69) is 9.57 Å². The van der Waals surface area contributed by atoms with Crippen molar-refractivity contribution in [2.24, 2.45) is 5.92 Å². The minimum Gasteiger partial charge on any atom is -0.468 e. The number of halogens is 5. The maximum absolute atomic E-state index is 12.9. The molecule has 2 N–H and O–H groups in total. The van der Waals surface area contributed by atoms with E-state index in [1.165, 1.54) is 19.2 Å². The molecule has 4 nitrogen and oxygen atoms in total. The first-order valence-corrected chi connectivity index (χ1v) is 9.01. The second-order valence-corrected chi connectivity index (χ2v) is 6.65. The molecule has 2 aromatic rings. The zero-order chi connectivity index (χ0) is 22.0. The predicted octanol–water partition coefficient (Wildman–Crippen LogP) is 3.93. The average molecular weight is 436 g/mol. The maximum atomic E-state index is 12.9. The van der Waals surface area contributed by atoms with E-state index in [1.54, 1.807) is 0 Å². The Balaban J connectivity index is 0.000000296. The van der Waals surface area contributed by atoms with Crippen molar-refractivity contribution in [3.05, 3.63) is 70.8 Å². The molecule has 0 unspecified atom stereocenters. The zero-order valence-electron chi connectivity index (χ0n) is 15.9. The number of ether oxygens (including phenoxy) is 1. The predicted molar refractivity (Wildman–Crippen MR) is 101 cm³/mol. The van der Waals surface area contributed by atoms with Gasteiger partial charge in [-0.1, -0.05) is 6.92 Å². The van der Waals surface area contributed by atoms with Crippen LogP contribution < -0.4 is 4.84 Å². The van der Waals surface area contributed by atoms with Crippen molar-refractivity contribution in [2.75, 3.05) is 13.7 Å². The van der Waals surface area contributed by atoms with E-state index >= 15 is 0 Å². The molecular formula is C20H22ClF4NO3. The molecule has 9 heteroatoms. The van der Waals surface area contributed by atoms with Crippen molar-refractivity contribution in [1.82, 2.24) is 4.84 Å². The Bertz CT molecular complexity index is 767. The molecule has 0 aliphatic heterocycles. The van der Waals surface area contributed by atoms with Gasteiger partial charge in [0.1, 0.15) is 29.3 Å². The summed E-state index contributed by atoms with van der Waals surface area (Å²) < 4.78 is 55.5. The highest BCUT2D eigenvalue weighted by molar-refractivity contribution is 6.14. The number of hydrogen-bond donors (Lipinski definition) is 2. The van der Waals surface area contributed by atoms with Crippen LogP contribution in [0, 0.1) is 29.2 Å². The number of benzene rings is 2. The number of esters is 1. The molecule has 0 fully saturated rings. The van der Waals surface area contributed by atoms with E-state index in [9.17, 15) is 22.4 Å². The van der Waals surface area contributed by atoms with Gasteiger partial charge in [0.2, 0.25) is 0 Å². The van der Waals surface area contributed by atoms with Crippen molar-refractivity contribution < 1.29 is 32.2 Å². The number of hydrogen-bond acceptors (Lipinski definition) is 4. The third kappa shape index (κ3) is 9.25. The molecule has 0 aromatic heterocycles. The molecule has 2 rings (SSSR count). The standard InChI is InChI=1S/C10H10ClF2NO2.C10H12F2O/c1-16-10(15)9(14-11)4-6-2-7(12)5-8(13)3-6;1-7(6-13)2-8-3-9(11)5-10(12)4-8/h2-3,5,9,14H,4H2,1H3;3-5,7,13H,2,6H2,1H3/t9-;7-/m00/s1. The molecule has 0 bridgehead atoms. The van der Waals surface area contributed by atoms with Gasteiger partial charge in [0.25, 0.3) is 0 Å². The summed E-state index contributed by atoms with van der Waals surface area (Å²) in [6, 6.07) is 5.59. The summed E-state index contributed by atoms with van der Waals surface area (Å²) in [6.45, 7) is 1.85. The van der Waals surface area contributed by atoms with Gasteiger partial charge in [0, 0.05) is 18.7 Å². The van der Waals surface area contributed by atoms with E-state index in [-0.39, 0.29) is 18.9 Å². The highest BCUT2D eigenvalue weighted by Crippen LogP contribution is 2.12. The minimum atomic E-state index is -0.840. The van der Waals surface area contributed by atoms with Gasteiger partial charge in [0.05, 0.1) is 7.11 Å². The first kappa shape index (κ1) is 24.9. The molecule has 0 aliphatic rings. The fourth-order valence-corrected chi connectivity index (χ4v) is 2.64. The Morgan fingerprint density at radius 3 is 1.72 bits per heavy atom. The fourth-order valence-electron chi connectivity index (χ4n) is 2.47. The molecule has 0 spiro atoms. The second-order valence-electron chi connectivity index (χ2n) is 6.44. The highest BCUT2D eigenvalue weighted by atomic mass is 35.5. The van der Waals surface area contributed by atoms with Crippen LogP contribution in [0.25, 0.3) is 0 Å². The molecule has 160 valence electrons. The number of carbonyl (C=O) groups is 1. The first-order valence-electron chi connectivity index (χ1n) is 8.63. The highest BCUT2D eigenvalue weighted by Gasteiger charge is 2.19. The Hall–Kier alpha value is -2.16. The number of aliphatic hydroxyl groups is 1. The zero-order valence-corrected chi connectivity index (χ0v) is 16.6. The van der Waals surface area contributed by atoms with Crippen LogP contribution in [0.4, 0.5) is 17.6 Å². The average Bonchev–Trinajstić information content (AvgIpc) is 2.64. The summed E-state index contributed by atoms with van der Waals surface area (Å²) in [4.78, 5) is 13.4. The van der Waals surface area contributed by atoms with Gasteiger partial charge in [-0.3, -0.25) is 4.79 Å². The summed E-state index contributed by atoms with van der Waals surface area (Å²) >= 11 is 5.33. The van der Waals surface area contributed by atoms with Crippen LogP contribution in [0.3, 0.4) is 0 Å². The van der Waals surface area contributed by atoms with Crippen LogP contribution in [-0.2, 0) is 22.4 Å². The molecule has 29 heavy (non-hydrogen) atoms. The SMILES string of the molecule is COC(=O)[C@H](Cc1cc(F)cc(F)c1)NCl.C[C@H](CO)Cc1cc(F)cc(F)c1. The van der Waals surface area contributed by atoms with Crippen molar-refractivity contribution >= 4 is 17.7 Å². The van der Waals surface area contributed by atoms with Gasteiger partial charge < -0.3 is 9.84 Å². The number of methoxy groups -OCH3 is 1. The summed E-state index contributed by atoms with van der Waals surface area (Å²) in [5.41, 5.74) is 0.903. The van der Waals surface area contributed by atoms with Crippen LogP contribution >= 0.6 is 11.8 Å². The Morgan fingerprint density at radius 2 is 1.38 bits per heavy atom. The lowest BCUT2D eigenvalue weighted by Crippen LogP contribution is -2.34. The number of nitrogens with one attached hydrogen (secondary N) is 1. The van der Waals surface area contributed by atoms with Crippen LogP contribution in [0.1, 0.15) is 18.1 Å².